The summed E-state index contributed by atoms with van der Waals surface area (Å²) in [7, 11) is -3.82. The van der Waals surface area contributed by atoms with E-state index in [0.29, 0.717) is 5.01 Å². The van der Waals surface area contributed by atoms with Gasteiger partial charge in [0.25, 0.3) is 0 Å². The molecule has 158 valence electrons. The number of hydrogen-bond acceptors (Lipinski definition) is 6. The first-order valence-corrected chi connectivity index (χ1v) is 12.3. The summed E-state index contributed by atoms with van der Waals surface area (Å²) in [6, 6.07) is 12.8. The van der Waals surface area contributed by atoms with Gasteiger partial charge in [0.15, 0.2) is 0 Å². The summed E-state index contributed by atoms with van der Waals surface area (Å²) in [6.07, 6.45) is 1.24. The van der Waals surface area contributed by atoms with E-state index in [9.17, 15) is 13.2 Å². The lowest BCUT2D eigenvalue weighted by atomic mass is 10.2. The summed E-state index contributed by atoms with van der Waals surface area (Å²) in [5, 5.41) is 12.2. The normalized spacial score (nSPS) is 12.4. The van der Waals surface area contributed by atoms with E-state index in [-0.39, 0.29) is 27.3 Å². The van der Waals surface area contributed by atoms with Crippen LogP contribution in [-0.4, -0.2) is 36.8 Å². The average molecular weight is 485 g/mol. The van der Waals surface area contributed by atoms with Gasteiger partial charge in [-0.1, -0.05) is 71.8 Å². The molecule has 1 amide bonds. The molecule has 3 aromatic rings. The summed E-state index contributed by atoms with van der Waals surface area (Å²) in [5.41, 5.74) is 1.08. The first-order chi connectivity index (χ1) is 14.2. The largest absolute Gasteiger partial charge is 0.299 e. The van der Waals surface area contributed by atoms with Gasteiger partial charge < -0.3 is 0 Å². The SMILES string of the molecule is CCC(C(=O)Nc1nnc(-c2ccccc2)s1)N(c1cc(Cl)cc(Cl)c1)S(C)(=O)=O. The van der Waals surface area contributed by atoms with Crippen molar-refractivity contribution in [2.24, 2.45) is 0 Å². The van der Waals surface area contributed by atoms with E-state index >= 15 is 0 Å². The highest BCUT2D eigenvalue weighted by Crippen LogP contribution is 2.30. The van der Waals surface area contributed by atoms with Crippen LogP contribution in [0.15, 0.2) is 48.5 Å². The topological polar surface area (TPSA) is 92.3 Å². The van der Waals surface area contributed by atoms with Crippen molar-refractivity contribution in [3.63, 3.8) is 0 Å². The molecule has 0 aliphatic carbocycles. The lowest BCUT2D eigenvalue weighted by Crippen LogP contribution is -2.47. The molecule has 1 unspecified atom stereocenters. The van der Waals surface area contributed by atoms with Crippen LogP contribution in [0.1, 0.15) is 13.3 Å². The molecular weight excluding hydrogens is 467 g/mol. The second-order valence-electron chi connectivity index (χ2n) is 6.38. The Bertz CT molecular complexity index is 1130. The zero-order valence-corrected chi connectivity index (χ0v) is 19.2. The van der Waals surface area contributed by atoms with Gasteiger partial charge in [-0.25, -0.2) is 8.42 Å². The minimum atomic E-state index is -3.82. The molecular formula is C19H18Cl2N4O3S2. The third-order valence-corrected chi connectivity index (χ3v) is 6.61. The Morgan fingerprint density at radius 1 is 1.13 bits per heavy atom. The van der Waals surface area contributed by atoms with Crippen LogP contribution in [0.2, 0.25) is 10.0 Å². The summed E-state index contributed by atoms with van der Waals surface area (Å²) >= 11 is 13.3. The lowest BCUT2D eigenvalue weighted by Gasteiger charge is -2.30. The molecule has 1 atom stereocenters. The maximum atomic E-state index is 13.0. The first-order valence-electron chi connectivity index (χ1n) is 8.84. The van der Waals surface area contributed by atoms with Crippen molar-refractivity contribution in [1.82, 2.24) is 10.2 Å². The second kappa shape index (κ2) is 9.30. The number of anilines is 2. The number of rotatable bonds is 7. The molecule has 0 aliphatic rings. The first kappa shape index (κ1) is 22.5. The van der Waals surface area contributed by atoms with Gasteiger partial charge in [0.2, 0.25) is 21.1 Å². The summed E-state index contributed by atoms with van der Waals surface area (Å²) in [6.45, 7) is 1.71. The lowest BCUT2D eigenvalue weighted by molar-refractivity contribution is -0.117. The quantitative estimate of drug-likeness (QED) is 0.524. The van der Waals surface area contributed by atoms with Crippen molar-refractivity contribution >= 4 is 61.3 Å². The van der Waals surface area contributed by atoms with Crippen LogP contribution in [0.5, 0.6) is 0 Å². The molecule has 1 heterocycles. The molecule has 0 aliphatic heterocycles. The van der Waals surface area contributed by atoms with Crippen LogP contribution in [-0.2, 0) is 14.8 Å². The third kappa shape index (κ3) is 5.28. The van der Waals surface area contributed by atoms with E-state index in [1.165, 1.54) is 29.5 Å². The van der Waals surface area contributed by atoms with Crippen LogP contribution in [0.3, 0.4) is 0 Å². The van der Waals surface area contributed by atoms with Gasteiger partial charge in [-0.05, 0) is 24.6 Å². The summed E-state index contributed by atoms with van der Waals surface area (Å²) in [5.74, 6) is -0.533. The van der Waals surface area contributed by atoms with Gasteiger partial charge in [0.1, 0.15) is 11.0 Å². The van der Waals surface area contributed by atoms with Crippen molar-refractivity contribution in [2.75, 3.05) is 15.9 Å². The standard InChI is InChI=1S/C19H18Cl2N4O3S2/c1-3-16(25(30(2,27)28)15-10-13(20)9-14(21)11-15)17(26)22-19-24-23-18(29-19)12-7-5-4-6-8-12/h4-11,16H,3H2,1-2H3,(H,22,24,26). The molecule has 2 aromatic carbocycles. The number of hydrogen-bond donors (Lipinski definition) is 1. The van der Waals surface area contributed by atoms with Gasteiger partial charge in [-0.2, -0.15) is 0 Å². The Kier molecular flexibility index (Phi) is 6.97. The maximum Gasteiger partial charge on any atom is 0.250 e. The molecule has 0 saturated heterocycles. The molecule has 11 heteroatoms. The van der Waals surface area contributed by atoms with Crippen LogP contribution < -0.4 is 9.62 Å². The number of carbonyl (C=O) groups is 1. The second-order valence-corrected chi connectivity index (χ2v) is 10.1. The van der Waals surface area contributed by atoms with Crippen molar-refractivity contribution in [2.45, 2.75) is 19.4 Å². The minimum Gasteiger partial charge on any atom is -0.299 e. The molecule has 0 fully saturated rings. The van der Waals surface area contributed by atoms with Crippen molar-refractivity contribution < 1.29 is 13.2 Å². The van der Waals surface area contributed by atoms with E-state index in [1.807, 2.05) is 30.3 Å². The monoisotopic (exact) mass is 484 g/mol. The van der Waals surface area contributed by atoms with Gasteiger partial charge in [-0.3, -0.25) is 14.4 Å². The molecule has 7 nitrogen and oxygen atoms in total. The third-order valence-electron chi connectivity index (χ3n) is 4.11. The van der Waals surface area contributed by atoms with Crippen LogP contribution >= 0.6 is 34.5 Å². The maximum absolute atomic E-state index is 13.0. The fraction of sp³-hybridized carbons (Fsp3) is 0.211. The number of nitrogens with one attached hydrogen (secondary N) is 1. The number of carbonyl (C=O) groups excluding carboxylic acids is 1. The highest BCUT2D eigenvalue weighted by molar-refractivity contribution is 7.92. The van der Waals surface area contributed by atoms with E-state index < -0.39 is 22.0 Å². The summed E-state index contributed by atoms with van der Waals surface area (Å²) < 4.78 is 26.1. The van der Waals surface area contributed by atoms with Crippen LogP contribution in [0, 0.1) is 0 Å². The minimum absolute atomic E-state index is 0.208. The predicted molar refractivity (Wildman–Crippen MR) is 122 cm³/mol. The smallest absolute Gasteiger partial charge is 0.250 e. The molecule has 0 bridgehead atoms. The number of halogens is 2. The van der Waals surface area contributed by atoms with Crippen LogP contribution in [0.4, 0.5) is 10.8 Å². The van der Waals surface area contributed by atoms with E-state index in [2.05, 4.69) is 15.5 Å². The van der Waals surface area contributed by atoms with Gasteiger partial charge >= 0.3 is 0 Å². The number of nitrogens with zero attached hydrogens (tertiary/aromatic N) is 3. The van der Waals surface area contributed by atoms with E-state index in [4.69, 9.17) is 23.2 Å². The Balaban J connectivity index is 1.89. The molecule has 1 N–H and O–H groups in total. The zero-order valence-electron chi connectivity index (χ0n) is 16.0. The molecule has 0 radical (unpaired) electrons. The Hall–Kier alpha value is -2.20. The molecule has 3 rings (SSSR count). The van der Waals surface area contributed by atoms with Crippen molar-refractivity contribution in [1.29, 1.82) is 0 Å². The van der Waals surface area contributed by atoms with Crippen molar-refractivity contribution in [3.8, 4) is 10.6 Å². The number of aromatic nitrogens is 2. The number of sulfonamides is 1. The number of benzene rings is 2. The highest BCUT2D eigenvalue weighted by Gasteiger charge is 2.32. The van der Waals surface area contributed by atoms with Gasteiger partial charge in [-0.15, -0.1) is 10.2 Å². The number of amides is 1. The van der Waals surface area contributed by atoms with Gasteiger partial charge in [0.05, 0.1) is 11.9 Å². The zero-order chi connectivity index (χ0) is 21.9. The Labute approximate surface area is 188 Å². The Morgan fingerprint density at radius 3 is 2.33 bits per heavy atom. The fourth-order valence-electron chi connectivity index (χ4n) is 2.89. The van der Waals surface area contributed by atoms with Crippen molar-refractivity contribution in [3.05, 3.63) is 58.6 Å². The molecule has 0 saturated carbocycles. The Morgan fingerprint density at radius 2 is 1.77 bits per heavy atom. The highest BCUT2D eigenvalue weighted by atomic mass is 35.5. The molecule has 30 heavy (non-hydrogen) atoms. The average Bonchev–Trinajstić information content (AvgIpc) is 3.13. The van der Waals surface area contributed by atoms with E-state index in [1.54, 1.807) is 6.92 Å². The predicted octanol–water partition coefficient (Wildman–Crippen LogP) is 4.70. The fourth-order valence-corrected chi connectivity index (χ4v) is 5.35. The van der Waals surface area contributed by atoms with E-state index in [0.717, 1.165) is 16.1 Å². The van der Waals surface area contributed by atoms with Crippen LogP contribution in [0.25, 0.3) is 10.6 Å². The molecule has 1 aromatic heterocycles. The molecule has 0 spiro atoms. The van der Waals surface area contributed by atoms with Gasteiger partial charge in [0, 0.05) is 15.6 Å². The summed E-state index contributed by atoms with van der Waals surface area (Å²) in [4.78, 5) is 13.0.